The Labute approximate surface area is 220 Å². The van der Waals surface area contributed by atoms with Crippen LogP contribution < -0.4 is 15.0 Å². The SMILES string of the molecule is COc1cc2c(cc1NC(=O)CN1CCC(N3C(=O)OCc4ccccc43)CC1)oc1ccccc12.Cl. The van der Waals surface area contributed by atoms with Crippen LogP contribution in [0.2, 0.25) is 0 Å². The number of amides is 2. The third-order valence-corrected chi connectivity index (χ3v) is 7.06. The average molecular weight is 522 g/mol. The van der Waals surface area contributed by atoms with Crippen LogP contribution in [0, 0.1) is 0 Å². The van der Waals surface area contributed by atoms with Gasteiger partial charge in [0.25, 0.3) is 0 Å². The van der Waals surface area contributed by atoms with E-state index in [4.69, 9.17) is 13.9 Å². The van der Waals surface area contributed by atoms with Crippen molar-refractivity contribution in [2.75, 3.05) is 37.0 Å². The molecule has 4 aromatic rings. The van der Waals surface area contributed by atoms with E-state index in [2.05, 4.69) is 10.2 Å². The van der Waals surface area contributed by atoms with Crippen LogP contribution in [0.15, 0.2) is 65.1 Å². The summed E-state index contributed by atoms with van der Waals surface area (Å²) in [6.45, 7) is 2.00. The lowest BCUT2D eigenvalue weighted by atomic mass is 10.0. The Morgan fingerprint density at radius 3 is 2.59 bits per heavy atom. The van der Waals surface area contributed by atoms with E-state index < -0.39 is 0 Å². The second-order valence-electron chi connectivity index (χ2n) is 9.26. The number of cyclic esters (lactones) is 1. The molecule has 0 saturated carbocycles. The number of anilines is 2. The molecule has 0 spiro atoms. The van der Waals surface area contributed by atoms with Crippen molar-refractivity contribution in [2.45, 2.75) is 25.5 Å². The lowest BCUT2D eigenvalue weighted by Crippen LogP contribution is -2.50. The number of para-hydroxylation sites is 2. The van der Waals surface area contributed by atoms with Gasteiger partial charge in [-0.25, -0.2) is 4.79 Å². The Kier molecular flexibility index (Phi) is 6.95. The van der Waals surface area contributed by atoms with E-state index in [1.54, 1.807) is 12.0 Å². The van der Waals surface area contributed by atoms with Gasteiger partial charge in [0.15, 0.2) is 0 Å². The molecule has 3 aromatic carbocycles. The molecule has 2 aliphatic heterocycles. The van der Waals surface area contributed by atoms with Crippen molar-refractivity contribution >= 4 is 57.7 Å². The first-order valence-corrected chi connectivity index (χ1v) is 12.2. The lowest BCUT2D eigenvalue weighted by Gasteiger charge is -2.40. The Hall–Kier alpha value is -3.75. The molecule has 37 heavy (non-hydrogen) atoms. The van der Waals surface area contributed by atoms with Gasteiger partial charge in [-0.1, -0.05) is 36.4 Å². The van der Waals surface area contributed by atoms with Gasteiger partial charge in [-0.3, -0.25) is 14.6 Å². The van der Waals surface area contributed by atoms with Gasteiger partial charge in [-0.2, -0.15) is 0 Å². The number of fused-ring (bicyclic) bond motifs is 4. The Bertz CT molecular complexity index is 1460. The summed E-state index contributed by atoms with van der Waals surface area (Å²) in [6, 6.07) is 19.5. The number of hydrogen-bond acceptors (Lipinski definition) is 6. The van der Waals surface area contributed by atoms with E-state index >= 15 is 0 Å². The van der Waals surface area contributed by atoms with Crippen LogP contribution in [0.4, 0.5) is 16.2 Å². The molecule has 2 amide bonds. The molecule has 1 saturated heterocycles. The van der Waals surface area contributed by atoms with E-state index in [9.17, 15) is 9.59 Å². The maximum absolute atomic E-state index is 12.9. The number of likely N-dealkylation sites (tertiary alicyclic amines) is 1. The van der Waals surface area contributed by atoms with Crippen molar-refractivity contribution in [1.29, 1.82) is 0 Å². The summed E-state index contributed by atoms with van der Waals surface area (Å²) in [7, 11) is 1.59. The Balaban J connectivity index is 0.00000280. The van der Waals surface area contributed by atoms with Gasteiger partial charge < -0.3 is 19.2 Å². The minimum absolute atomic E-state index is 0. The van der Waals surface area contributed by atoms with E-state index in [-0.39, 0.29) is 37.0 Å². The molecule has 2 aliphatic rings. The molecule has 9 heteroatoms. The summed E-state index contributed by atoms with van der Waals surface area (Å²) in [5.41, 5.74) is 4.02. The number of rotatable bonds is 5. The molecule has 3 heterocycles. The first-order valence-electron chi connectivity index (χ1n) is 12.2. The second kappa shape index (κ2) is 10.3. The Morgan fingerprint density at radius 1 is 1.03 bits per heavy atom. The molecule has 0 unspecified atom stereocenters. The highest BCUT2D eigenvalue weighted by Crippen LogP contribution is 2.36. The van der Waals surface area contributed by atoms with Crippen molar-refractivity contribution in [3.63, 3.8) is 0 Å². The van der Waals surface area contributed by atoms with Gasteiger partial charge in [0.05, 0.1) is 25.0 Å². The van der Waals surface area contributed by atoms with E-state index in [0.717, 1.165) is 40.4 Å². The predicted octanol–water partition coefficient (Wildman–Crippen LogP) is 5.58. The van der Waals surface area contributed by atoms with Crippen LogP contribution in [-0.4, -0.2) is 49.7 Å². The predicted molar refractivity (Wildman–Crippen MR) is 145 cm³/mol. The second-order valence-corrected chi connectivity index (χ2v) is 9.26. The van der Waals surface area contributed by atoms with Gasteiger partial charge in [-0.15, -0.1) is 12.4 Å². The standard InChI is InChI=1S/C28H27N3O5.ClH/c1-34-26-14-21-20-7-3-5-9-24(20)36-25(21)15-22(26)29-27(32)16-30-12-10-19(11-13-30)31-23-8-4-2-6-18(23)17-35-28(31)33;/h2-9,14-15,19H,10-13,16-17H2,1H3,(H,29,32);1H. The monoisotopic (exact) mass is 521 g/mol. The summed E-state index contributed by atoms with van der Waals surface area (Å²) in [5.74, 6) is 0.466. The molecule has 8 nitrogen and oxygen atoms in total. The molecule has 0 bridgehead atoms. The molecule has 0 aliphatic carbocycles. The molecule has 192 valence electrons. The van der Waals surface area contributed by atoms with Gasteiger partial charge >= 0.3 is 6.09 Å². The minimum Gasteiger partial charge on any atom is -0.495 e. The highest BCUT2D eigenvalue weighted by atomic mass is 35.5. The number of furan rings is 1. The molecular formula is C28H28ClN3O5. The van der Waals surface area contributed by atoms with Crippen molar-refractivity contribution in [2.24, 2.45) is 0 Å². The van der Waals surface area contributed by atoms with Crippen LogP contribution in [0.5, 0.6) is 5.75 Å². The lowest BCUT2D eigenvalue weighted by molar-refractivity contribution is -0.117. The van der Waals surface area contributed by atoms with Gasteiger partial charge in [0.1, 0.15) is 23.5 Å². The van der Waals surface area contributed by atoms with E-state index in [1.165, 1.54) is 0 Å². The summed E-state index contributed by atoms with van der Waals surface area (Å²) in [4.78, 5) is 29.4. The minimum atomic E-state index is -0.294. The molecule has 1 N–H and O–H groups in total. The zero-order valence-corrected chi connectivity index (χ0v) is 21.3. The van der Waals surface area contributed by atoms with Gasteiger partial charge in [-0.05, 0) is 31.0 Å². The smallest absolute Gasteiger partial charge is 0.414 e. The van der Waals surface area contributed by atoms with Crippen molar-refractivity contribution in [1.82, 2.24) is 4.90 Å². The number of halogens is 1. The normalized spacial score (nSPS) is 16.2. The Morgan fingerprint density at radius 2 is 1.78 bits per heavy atom. The zero-order valence-electron chi connectivity index (χ0n) is 20.4. The van der Waals surface area contributed by atoms with Gasteiger partial charge in [0, 0.05) is 41.5 Å². The summed E-state index contributed by atoms with van der Waals surface area (Å²) < 4.78 is 16.9. The number of nitrogens with zero attached hydrogens (tertiary/aromatic N) is 2. The topological polar surface area (TPSA) is 84.2 Å². The first-order chi connectivity index (χ1) is 17.6. The molecule has 6 rings (SSSR count). The van der Waals surface area contributed by atoms with E-state index in [0.29, 0.717) is 36.7 Å². The average Bonchev–Trinajstić information content (AvgIpc) is 3.26. The number of piperidine rings is 1. The number of carbonyl (C=O) groups is 2. The quantitative estimate of drug-likeness (QED) is 0.369. The van der Waals surface area contributed by atoms with Gasteiger partial charge in [0.2, 0.25) is 5.91 Å². The number of benzene rings is 3. The molecule has 1 fully saturated rings. The molecule has 0 radical (unpaired) electrons. The fourth-order valence-electron chi connectivity index (χ4n) is 5.27. The summed E-state index contributed by atoms with van der Waals surface area (Å²) in [6.07, 6.45) is 1.24. The maximum atomic E-state index is 12.9. The third kappa shape index (κ3) is 4.70. The summed E-state index contributed by atoms with van der Waals surface area (Å²) in [5, 5.41) is 4.94. The highest BCUT2D eigenvalue weighted by Gasteiger charge is 2.34. The molecular weight excluding hydrogens is 494 g/mol. The van der Waals surface area contributed by atoms with Crippen LogP contribution in [-0.2, 0) is 16.1 Å². The van der Waals surface area contributed by atoms with Crippen LogP contribution in [0.1, 0.15) is 18.4 Å². The van der Waals surface area contributed by atoms with Crippen LogP contribution in [0.3, 0.4) is 0 Å². The van der Waals surface area contributed by atoms with Crippen LogP contribution in [0.25, 0.3) is 21.9 Å². The number of nitrogens with one attached hydrogen (secondary N) is 1. The fourth-order valence-corrected chi connectivity index (χ4v) is 5.27. The number of methoxy groups -OCH3 is 1. The van der Waals surface area contributed by atoms with Crippen molar-refractivity contribution < 1.29 is 23.5 Å². The zero-order chi connectivity index (χ0) is 24.6. The number of ether oxygens (including phenoxy) is 2. The third-order valence-electron chi connectivity index (χ3n) is 7.06. The van der Waals surface area contributed by atoms with E-state index in [1.807, 2.05) is 60.7 Å². The van der Waals surface area contributed by atoms with Crippen molar-refractivity contribution in [3.05, 3.63) is 66.2 Å². The summed E-state index contributed by atoms with van der Waals surface area (Å²) >= 11 is 0. The van der Waals surface area contributed by atoms with Crippen LogP contribution >= 0.6 is 12.4 Å². The van der Waals surface area contributed by atoms with Crippen molar-refractivity contribution in [3.8, 4) is 5.75 Å². The fraction of sp³-hybridized carbons (Fsp3) is 0.286. The maximum Gasteiger partial charge on any atom is 0.414 e. The number of carbonyl (C=O) groups excluding carboxylic acids is 2. The number of hydrogen-bond donors (Lipinski definition) is 1. The molecule has 0 atom stereocenters. The largest absolute Gasteiger partial charge is 0.495 e. The molecule has 1 aromatic heterocycles. The highest BCUT2D eigenvalue weighted by molar-refractivity contribution is 6.07. The first kappa shape index (κ1) is 24.9.